The van der Waals surface area contributed by atoms with Gasteiger partial charge in [-0.05, 0) is 18.6 Å². The molecular weight excluding hydrogens is 242 g/mol. The van der Waals surface area contributed by atoms with Crippen molar-refractivity contribution in [3.63, 3.8) is 0 Å². The third-order valence-corrected chi connectivity index (χ3v) is 2.70. The van der Waals surface area contributed by atoms with Gasteiger partial charge in [-0.2, -0.15) is 0 Å². The van der Waals surface area contributed by atoms with Crippen LogP contribution >= 0.6 is 0 Å². The summed E-state index contributed by atoms with van der Waals surface area (Å²) in [7, 11) is 1.65. The molecule has 1 amide bonds. The van der Waals surface area contributed by atoms with Crippen LogP contribution in [0.15, 0.2) is 18.3 Å². The Hall–Kier alpha value is -1.62. The second-order valence-corrected chi connectivity index (χ2v) is 4.31. The SMILES string of the molecule is CCCCCNC(=O)c1ccc(NCCOC)nc1. The number of methoxy groups -OCH3 is 1. The second kappa shape index (κ2) is 9.33. The summed E-state index contributed by atoms with van der Waals surface area (Å²) >= 11 is 0. The molecule has 19 heavy (non-hydrogen) atoms. The number of rotatable bonds is 9. The van der Waals surface area contributed by atoms with E-state index in [1.807, 2.05) is 0 Å². The maximum absolute atomic E-state index is 11.8. The molecule has 5 heteroatoms. The Morgan fingerprint density at radius 3 is 2.79 bits per heavy atom. The van der Waals surface area contributed by atoms with Crippen LogP contribution in [-0.4, -0.2) is 37.7 Å². The van der Waals surface area contributed by atoms with E-state index in [9.17, 15) is 4.79 Å². The van der Waals surface area contributed by atoms with Crippen LogP contribution in [0.25, 0.3) is 0 Å². The standard InChI is InChI=1S/C14H23N3O2/c1-3-4-5-8-16-14(18)12-6-7-13(17-11-12)15-9-10-19-2/h6-7,11H,3-5,8-10H2,1-2H3,(H,15,17)(H,16,18). The number of nitrogens with one attached hydrogen (secondary N) is 2. The molecule has 2 N–H and O–H groups in total. The molecule has 0 aromatic carbocycles. The first kappa shape index (κ1) is 15.4. The van der Waals surface area contributed by atoms with E-state index in [4.69, 9.17) is 4.74 Å². The first-order valence-corrected chi connectivity index (χ1v) is 6.75. The molecular formula is C14H23N3O2. The number of nitrogens with zero attached hydrogens (tertiary/aromatic N) is 1. The minimum atomic E-state index is -0.0629. The molecule has 0 atom stereocenters. The number of carbonyl (C=O) groups excluding carboxylic acids is 1. The summed E-state index contributed by atoms with van der Waals surface area (Å²) in [5.41, 5.74) is 0.591. The molecule has 1 aromatic heterocycles. The molecule has 5 nitrogen and oxygen atoms in total. The summed E-state index contributed by atoms with van der Waals surface area (Å²) in [6.07, 6.45) is 4.90. The van der Waals surface area contributed by atoms with Crippen molar-refractivity contribution in [1.29, 1.82) is 0 Å². The van der Waals surface area contributed by atoms with Crippen LogP contribution in [0.5, 0.6) is 0 Å². The number of hydrogen-bond donors (Lipinski definition) is 2. The summed E-state index contributed by atoms with van der Waals surface area (Å²) in [4.78, 5) is 16.0. The molecule has 1 rings (SSSR count). The molecule has 0 aliphatic rings. The van der Waals surface area contributed by atoms with Crippen molar-refractivity contribution in [1.82, 2.24) is 10.3 Å². The van der Waals surface area contributed by atoms with Crippen molar-refractivity contribution in [2.45, 2.75) is 26.2 Å². The van der Waals surface area contributed by atoms with Crippen molar-refractivity contribution >= 4 is 11.7 Å². The first-order chi connectivity index (χ1) is 9.27. The third kappa shape index (κ3) is 6.20. The van der Waals surface area contributed by atoms with Gasteiger partial charge in [0.25, 0.3) is 5.91 Å². The Kier molecular flexibility index (Phi) is 7.58. The van der Waals surface area contributed by atoms with Gasteiger partial charge in [0.15, 0.2) is 0 Å². The molecule has 0 bridgehead atoms. The second-order valence-electron chi connectivity index (χ2n) is 4.31. The Morgan fingerprint density at radius 1 is 1.32 bits per heavy atom. The Bertz CT molecular complexity index is 365. The molecule has 0 aliphatic heterocycles. The molecule has 0 fully saturated rings. The number of ether oxygens (including phenoxy) is 1. The number of carbonyl (C=O) groups is 1. The Balaban J connectivity index is 2.35. The van der Waals surface area contributed by atoms with Crippen LogP contribution in [0.2, 0.25) is 0 Å². The highest BCUT2D eigenvalue weighted by Crippen LogP contribution is 2.04. The van der Waals surface area contributed by atoms with E-state index in [-0.39, 0.29) is 5.91 Å². The maximum atomic E-state index is 11.8. The summed E-state index contributed by atoms with van der Waals surface area (Å²) < 4.78 is 4.94. The van der Waals surface area contributed by atoms with Gasteiger partial charge >= 0.3 is 0 Å². The lowest BCUT2D eigenvalue weighted by atomic mass is 10.2. The molecule has 0 radical (unpaired) electrons. The van der Waals surface area contributed by atoms with Crippen LogP contribution in [-0.2, 0) is 4.74 Å². The molecule has 0 unspecified atom stereocenters. The average Bonchev–Trinajstić information content (AvgIpc) is 2.44. The molecule has 106 valence electrons. The van der Waals surface area contributed by atoms with E-state index < -0.39 is 0 Å². The maximum Gasteiger partial charge on any atom is 0.252 e. The van der Waals surface area contributed by atoms with Gasteiger partial charge in [-0.3, -0.25) is 4.79 Å². The summed E-state index contributed by atoms with van der Waals surface area (Å²) in [5.74, 6) is 0.687. The highest BCUT2D eigenvalue weighted by atomic mass is 16.5. The topological polar surface area (TPSA) is 63.2 Å². The first-order valence-electron chi connectivity index (χ1n) is 6.75. The lowest BCUT2D eigenvalue weighted by Gasteiger charge is -2.07. The van der Waals surface area contributed by atoms with Crippen LogP contribution in [0, 0.1) is 0 Å². The van der Waals surface area contributed by atoms with E-state index in [1.165, 1.54) is 0 Å². The van der Waals surface area contributed by atoms with Crippen molar-refractivity contribution < 1.29 is 9.53 Å². The van der Waals surface area contributed by atoms with Crippen molar-refractivity contribution in [3.05, 3.63) is 23.9 Å². The number of pyridine rings is 1. The van der Waals surface area contributed by atoms with Crippen LogP contribution in [0.1, 0.15) is 36.5 Å². The predicted molar refractivity (Wildman–Crippen MR) is 76.5 cm³/mol. The van der Waals surface area contributed by atoms with Gasteiger partial charge in [0.1, 0.15) is 5.82 Å². The van der Waals surface area contributed by atoms with Gasteiger partial charge < -0.3 is 15.4 Å². The lowest BCUT2D eigenvalue weighted by Crippen LogP contribution is -2.24. The van der Waals surface area contributed by atoms with Gasteiger partial charge in [-0.25, -0.2) is 4.98 Å². The molecule has 0 spiro atoms. The smallest absolute Gasteiger partial charge is 0.252 e. The molecule has 0 aliphatic carbocycles. The van der Waals surface area contributed by atoms with Crippen LogP contribution in [0.3, 0.4) is 0 Å². The van der Waals surface area contributed by atoms with Gasteiger partial charge in [-0.15, -0.1) is 0 Å². The number of aromatic nitrogens is 1. The van der Waals surface area contributed by atoms with Crippen molar-refractivity contribution in [2.24, 2.45) is 0 Å². The van der Waals surface area contributed by atoms with Gasteiger partial charge in [0.2, 0.25) is 0 Å². The monoisotopic (exact) mass is 265 g/mol. The predicted octanol–water partition coefficient (Wildman–Crippen LogP) is 2.06. The number of hydrogen-bond acceptors (Lipinski definition) is 4. The summed E-state index contributed by atoms with van der Waals surface area (Å²) in [6, 6.07) is 3.58. The normalized spacial score (nSPS) is 10.2. The largest absolute Gasteiger partial charge is 0.383 e. The van der Waals surface area contributed by atoms with Gasteiger partial charge in [0, 0.05) is 26.4 Å². The zero-order chi connectivity index (χ0) is 13.9. The van der Waals surface area contributed by atoms with Gasteiger partial charge in [0.05, 0.1) is 12.2 Å². The number of anilines is 1. The highest BCUT2D eigenvalue weighted by Gasteiger charge is 2.05. The van der Waals surface area contributed by atoms with Crippen LogP contribution < -0.4 is 10.6 Å². The molecule has 0 saturated carbocycles. The fourth-order valence-corrected chi connectivity index (χ4v) is 1.59. The zero-order valence-electron chi connectivity index (χ0n) is 11.7. The zero-order valence-corrected chi connectivity index (χ0v) is 11.7. The van der Waals surface area contributed by atoms with Crippen molar-refractivity contribution in [3.8, 4) is 0 Å². The minimum Gasteiger partial charge on any atom is -0.383 e. The average molecular weight is 265 g/mol. The van der Waals surface area contributed by atoms with E-state index in [2.05, 4.69) is 22.5 Å². The summed E-state index contributed by atoms with van der Waals surface area (Å²) in [6.45, 7) is 4.19. The third-order valence-electron chi connectivity index (χ3n) is 2.70. The minimum absolute atomic E-state index is 0.0629. The van der Waals surface area contributed by atoms with E-state index in [1.54, 1.807) is 25.4 Å². The number of amides is 1. The lowest BCUT2D eigenvalue weighted by molar-refractivity contribution is 0.0952. The molecule has 1 aromatic rings. The summed E-state index contributed by atoms with van der Waals surface area (Å²) in [5, 5.41) is 5.99. The fourth-order valence-electron chi connectivity index (χ4n) is 1.59. The fraction of sp³-hybridized carbons (Fsp3) is 0.571. The highest BCUT2D eigenvalue weighted by molar-refractivity contribution is 5.93. The van der Waals surface area contributed by atoms with Crippen LogP contribution in [0.4, 0.5) is 5.82 Å². The van der Waals surface area contributed by atoms with Crippen molar-refractivity contribution in [2.75, 3.05) is 32.1 Å². The molecule has 0 saturated heterocycles. The Labute approximate surface area is 114 Å². The van der Waals surface area contributed by atoms with E-state index >= 15 is 0 Å². The van der Waals surface area contributed by atoms with E-state index in [0.29, 0.717) is 18.7 Å². The number of unbranched alkanes of at least 4 members (excludes halogenated alkanes) is 2. The molecule has 1 heterocycles. The van der Waals surface area contributed by atoms with Gasteiger partial charge in [-0.1, -0.05) is 19.8 Å². The quantitative estimate of drug-likeness (QED) is 0.671. The van der Waals surface area contributed by atoms with E-state index in [0.717, 1.165) is 31.6 Å². The Morgan fingerprint density at radius 2 is 2.16 bits per heavy atom.